The minimum Gasteiger partial charge on any atom is -0.452 e. The molecule has 1 aromatic carbocycles. The summed E-state index contributed by atoms with van der Waals surface area (Å²) in [6, 6.07) is 6.93. The van der Waals surface area contributed by atoms with Crippen molar-refractivity contribution in [2.75, 3.05) is 6.61 Å². The summed E-state index contributed by atoms with van der Waals surface area (Å²) in [5, 5.41) is 2.81. The van der Waals surface area contributed by atoms with E-state index in [2.05, 4.69) is 21.2 Å². The number of carbonyl (C=O) groups excluding carboxylic acids is 2. The molecule has 1 rings (SSSR count). The van der Waals surface area contributed by atoms with Gasteiger partial charge in [0.15, 0.2) is 6.61 Å². The molecular weight excluding hydrogens is 310 g/mol. The highest BCUT2D eigenvalue weighted by molar-refractivity contribution is 9.10. The van der Waals surface area contributed by atoms with Crippen LogP contribution in [0.1, 0.15) is 37.0 Å². The molecule has 4 nitrogen and oxygen atoms in total. The Hall–Kier alpha value is -1.36. The second-order valence-electron chi connectivity index (χ2n) is 4.16. The molecule has 0 fully saturated rings. The topological polar surface area (TPSA) is 55.4 Å². The van der Waals surface area contributed by atoms with Crippen LogP contribution in [0, 0.1) is 0 Å². The summed E-state index contributed by atoms with van der Waals surface area (Å²) in [5.41, 5.74) is 0.429. The highest BCUT2D eigenvalue weighted by atomic mass is 79.9. The maximum Gasteiger partial charge on any atom is 0.338 e. The fourth-order valence-electron chi connectivity index (χ4n) is 1.56. The van der Waals surface area contributed by atoms with E-state index in [4.69, 9.17) is 4.74 Å². The van der Waals surface area contributed by atoms with Gasteiger partial charge in [0, 0.05) is 10.5 Å². The molecule has 0 saturated heterocycles. The Morgan fingerprint density at radius 2 is 1.79 bits per heavy atom. The normalized spacial score (nSPS) is 10.3. The SMILES string of the molecule is CCC(CC)NC(=O)COC(=O)c1ccc(Br)cc1. The molecule has 0 atom stereocenters. The van der Waals surface area contributed by atoms with Gasteiger partial charge in [-0.05, 0) is 37.1 Å². The first-order chi connectivity index (χ1) is 9.06. The molecule has 0 aliphatic heterocycles. The van der Waals surface area contributed by atoms with Gasteiger partial charge in [-0.25, -0.2) is 4.79 Å². The third-order valence-corrected chi connectivity index (χ3v) is 3.29. The van der Waals surface area contributed by atoms with E-state index in [0.29, 0.717) is 5.56 Å². The Morgan fingerprint density at radius 3 is 2.32 bits per heavy atom. The van der Waals surface area contributed by atoms with Crippen LogP contribution in [0.15, 0.2) is 28.7 Å². The van der Waals surface area contributed by atoms with E-state index in [1.165, 1.54) is 0 Å². The molecule has 0 spiro atoms. The van der Waals surface area contributed by atoms with Crippen molar-refractivity contribution in [2.45, 2.75) is 32.7 Å². The average molecular weight is 328 g/mol. The smallest absolute Gasteiger partial charge is 0.338 e. The van der Waals surface area contributed by atoms with Gasteiger partial charge < -0.3 is 10.1 Å². The maximum atomic E-state index is 11.7. The summed E-state index contributed by atoms with van der Waals surface area (Å²) >= 11 is 3.28. The third-order valence-electron chi connectivity index (χ3n) is 2.76. The van der Waals surface area contributed by atoms with Gasteiger partial charge in [0.1, 0.15) is 0 Å². The number of rotatable bonds is 6. The summed E-state index contributed by atoms with van der Waals surface area (Å²) in [7, 11) is 0. The van der Waals surface area contributed by atoms with Crippen LogP contribution < -0.4 is 5.32 Å². The van der Waals surface area contributed by atoms with E-state index in [-0.39, 0.29) is 18.6 Å². The van der Waals surface area contributed by atoms with E-state index < -0.39 is 5.97 Å². The van der Waals surface area contributed by atoms with Crippen LogP contribution in [0.5, 0.6) is 0 Å². The Kier molecular flexibility index (Phi) is 6.56. The van der Waals surface area contributed by atoms with Crippen molar-refractivity contribution >= 4 is 27.8 Å². The molecule has 0 saturated carbocycles. The lowest BCUT2D eigenvalue weighted by Gasteiger charge is -2.14. The lowest BCUT2D eigenvalue weighted by atomic mass is 10.2. The number of hydrogen-bond acceptors (Lipinski definition) is 3. The first kappa shape index (κ1) is 15.7. The number of hydrogen-bond donors (Lipinski definition) is 1. The first-order valence-corrected chi connectivity index (χ1v) is 7.08. The van der Waals surface area contributed by atoms with Crippen molar-refractivity contribution in [3.8, 4) is 0 Å². The summed E-state index contributed by atoms with van der Waals surface area (Å²) < 4.78 is 5.84. The lowest BCUT2D eigenvalue weighted by Crippen LogP contribution is -2.36. The minimum atomic E-state index is -0.493. The lowest BCUT2D eigenvalue weighted by molar-refractivity contribution is -0.125. The minimum absolute atomic E-state index is 0.138. The van der Waals surface area contributed by atoms with Gasteiger partial charge in [0.25, 0.3) is 5.91 Å². The molecular formula is C14H18BrNO3. The van der Waals surface area contributed by atoms with Crippen molar-refractivity contribution in [3.63, 3.8) is 0 Å². The zero-order valence-corrected chi connectivity index (χ0v) is 12.7. The average Bonchev–Trinajstić information content (AvgIpc) is 2.43. The molecule has 0 heterocycles. The number of ether oxygens (including phenoxy) is 1. The molecule has 0 aromatic heterocycles. The van der Waals surface area contributed by atoms with Crippen molar-refractivity contribution in [2.24, 2.45) is 0 Å². The van der Waals surface area contributed by atoms with Gasteiger partial charge in [0.05, 0.1) is 5.56 Å². The van der Waals surface area contributed by atoms with Crippen LogP contribution >= 0.6 is 15.9 Å². The number of esters is 1. The van der Waals surface area contributed by atoms with Crippen molar-refractivity contribution in [1.82, 2.24) is 5.32 Å². The molecule has 1 N–H and O–H groups in total. The quantitative estimate of drug-likeness (QED) is 0.817. The Bertz CT molecular complexity index is 427. The van der Waals surface area contributed by atoms with Crippen molar-refractivity contribution < 1.29 is 14.3 Å². The van der Waals surface area contributed by atoms with E-state index >= 15 is 0 Å². The summed E-state index contributed by atoms with van der Waals surface area (Å²) in [5.74, 6) is -0.758. The number of benzene rings is 1. The van der Waals surface area contributed by atoms with Crippen LogP contribution in [-0.2, 0) is 9.53 Å². The highest BCUT2D eigenvalue weighted by Crippen LogP contribution is 2.11. The molecule has 0 radical (unpaired) electrons. The monoisotopic (exact) mass is 327 g/mol. The molecule has 5 heteroatoms. The largest absolute Gasteiger partial charge is 0.452 e. The Balaban J connectivity index is 2.41. The van der Waals surface area contributed by atoms with E-state index in [0.717, 1.165) is 17.3 Å². The van der Waals surface area contributed by atoms with Crippen molar-refractivity contribution in [3.05, 3.63) is 34.3 Å². The van der Waals surface area contributed by atoms with Gasteiger partial charge in [0.2, 0.25) is 0 Å². The van der Waals surface area contributed by atoms with E-state index in [9.17, 15) is 9.59 Å². The first-order valence-electron chi connectivity index (χ1n) is 6.28. The fourth-order valence-corrected chi connectivity index (χ4v) is 1.83. The van der Waals surface area contributed by atoms with Gasteiger partial charge in [-0.15, -0.1) is 0 Å². The highest BCUT2D eigenvalue weighted by Gasteiger charge is 2.12. The number of nitrogens with one attached hydrogen (secondary N) is 1. The van der Waals surface area contributed by atoms with Crippen LogP contribution in [0.2, 0.25) is 0 Å². The second-order valence-corrected chi connectivity index (χ2v) is 5.08. The summed E-state index contributed by atoms with van der Waals surface area (Å²) in [4.78, 5) is 23.2. The molecule has 0 bridgehead atoms. The van der Waals surface area contributed by atoms with Gasteiger partial charge >= 0.3 is 5.97 Å². The fraction of sp³-hybridized carbons (Fsp3) is 0.429. The van der Waals surface area contributed by atoms with Gasteiger partial charge in [-0.1, -0.05) is 29.8 Å². The predicted molar refractivity (Wildman–Crippen MR) is 76.9 cm³/mol. The zero-order chi connectivity index (χ0) is 14.3. The molecule has 0 aliphatic carbocycles. The number of halogens is 1. The Morgan fingerprint density at radius 1 is 1.21 bits per heavy atom. The summed E-state index contributed by atoms with van der Waals surface area (Å²) in [6.45, 7) is 3.76. The maximum absolute atomic E-state index is 11.7. The van der Waals surface area contributed by atoms with E-state index in [1.54, 1.807) is 24.3 Å². The molecule has 1 aromatic rings. The standard InChI is InChI=1S/C14H18BrNO3/c1-3-12(4-2)16-13(17)9-19-14(18)10-5-7-11(15)8-6-10/h5-8,12H,3-4,9H2,1-2H3,(H,16,17). The molecule has 19 heavy (non-hydrogen) atoms. The molecule has 104 valence electrons. The van der Waals surface area contributed by atoms with Crippen LogP contribution in [-0.4, -0.2) is 24.5 Å². The predicted octanol–water partition coefficient (Wildman–Crippen LogP) is 2.91. The Labute approximate surface area is 121 Å². The molecule has 0 aliphatic rings. The molecule has 1 amide bonds. The molecule has 0 unspecified atom stereocenters. The summed E-state index contributed by atoms with van der Waals surface area (Å²) in [6.07, 6.45) is 1.73. The van der Waals surface area contributed by atoms with Crippen LogP contribution in [0.25, 0.3) is 0 Å². The van der Waals surface area contributed by atoms with Gasteiger partial charge in [-0.3, -0.25) is 4.79 Å². The third kappa shape index (κ3) is 5.42. The second kappa shape index (κ2) is 7.94. The van der Waals surface area contributed by atoms with Crippen LogP contribution in [0.3, 0.4) is 0 Å². The zero-order valence-electron chi connectivity index (χ0n) is 11.1. The van der Waals surface area contributed by atoms with E-state index in [1.807, 2.05) is 13.8 Å². The van der Waals surface area contributed by atoms with Crippen LogP contribution in [0.4, 0.5) is 0 Å². The van der Waals surface area contributed by atoms with Crippen molar-refractivity contribution in [1.29, 1.82) is 0 Å². The van der Waals surface area contributed by atoms with Gasteiger partial charge in [-0.2, -0.15) is 0 Å². The number of carbonyl (C=O) groups is 2. The number of amides is 1.